The molecule has 1 aromatic rings. The van der Waals surface area contributed by atoms with Crippen molar-refractivity contribution in [3.8, 4) is 0 Å². The summed E-state index contributed by atoms with van der Waals surface area (Å²) in [5.74, 6) is -1.74. The number of rotatable bonds is 3. The quantitative estimate of drug-likeness (QED) is 0.878. The van der Waals surface area contributed by atoms with Crippen molar-refractivity contribution in [1.82, 2.24) is 4.31 Å². The predicted octanol–water partition coefficient (Wildman–Crippen LogP) is 1.08. The van der Waals surface area contributed by atoms with Crippen molar-refractivity contribution in [2.24, 2.45) is 5.92 Å². The third-order valence-electron chi connectivity index (χ3n) is 4.98. The van der Waals surface area contributed by atoms with Gasteiger partial charge in [-0.3, -0.25) is 9.59 Å². The van der Waals surface area contributed by atoms with E-state index in [9.17, 15) is 23.1 Å². The average molecular weight is 352 g/mol. The van der Waals surface area contributed by atoms with Crippen LogP contribution in [0.1, 0.15) is 25.3 Å². The van der Waals surface area contributed by atoms with Gasteiger partial charge >= 0.3 is 5.97 Å². The van der Waals surface area contributed by atoms with Crippen LogP contribution in [0.3, 0.4) is 0 Å². The normalized spacial score (nSPS) is 24.9. The first-order valence-corrected chi connectivity index (χ1v) is 9.31. The SMILES string of the molecule is C[C@@H]1[C@H](C(=O)O)CCCN1S(=O)(=O)c1ccc2c(c1)CC(=O)N2C. The van der Waals surface area contributed by atoms with Gasteiger partial charge in [0.1, 0.15) is 0 Å². The average Bonchev–Trinajstić information content (AvgIpc) is 2.81. The molecule has 1 fully saturated rings. The molecule has 8 heteroatoms. The van der Waals surface area contributed by atoms with E-state index in [1.165, 1.54) is 21.3 Å². The second-order valence-corrected chi connectivity index (χ2v) is 8.25. The molecule has 0 bridgehead atoms. The van der Waals surface area contributed by atoms with E-state index >= 15 is 0 Å². The molecule has 0 spiro atoms. The Morgan fingerprint density at radius 3 is 2.71 bits per heavy atom. The monoisotopic (exact) mass is 352 g/mol. The largest absolute Gasteiger partial charge is 0.481 e. The lowest BCUT2D eigenvalue weighted by Crippen LogP contribution is -2.48. The summed E-state index contributed by atoms with van der Waals surface area (Å²) in [6.07, 6.45) is 1.18. The van der Waals surface area contributed by atoms with E-state index in [4.69, 9.17) is 0 Å². The van der Waals surface area contributed by atoms with Crippen LogP contribution in [0.2, 0.25) is 0 Å². The van der Waals surface area contributed by atoms with E-state index in [1.54, 1.807) is 20.0 Å². The summed E-state index contributed by atoms with van der Waals surface area (Å²) < 4.78 is 27.2. The number of nitrogens with zero attached hydrogens (tertiary/aromatic N) is 2. The second kappa shape index (κ2) is 5.86. The zero-order valence-corrected chi connectivity index (χ0v) is 14.4. The van der Waals surface area contributed by atoms with Gasteiger partial charge in [0.15, 0.2) is 0 Å². The highest BCUT2D eigenvalue weighted by molar-refractivity contribution is 7.89. The smallest absolute Gasteiger partial charge is 0.308 e. The van der Waals surface area contributed by atoms with E-state index < -0.39 is 28.0 Å². The van der Waals surface area contributed by atoms with Crippen LogP contribution >= 0.6 is 0 Å². The molecule has 0 unspecified atom stereocenters. The Labute approximate surface area is 140 Å². The fraction of sp³-hybridized carbons (Fsp3) is 0.500. The molecule has 130 valence electrons. The number of carboxylic acids is 1. The zero-order chi connectivity index (χ0) is 17.6. The Hall–Kier alpha value is -1.93. The molecule has 0 aromatic heterocycles. The first-order chi connectivity index (χ1) is 11.2. The third kappa shape index (κ3) is 2.59. The Kier molecular flexibility index (Phi) is 4.13. The van der Waals surface area contributed by atoms with Crippen LogP contribution in [0.4, 0.5) is 5.69 Å². The highest BCUT2D eigenvalue weighted by Crippen LogP contribution is 2.33. The van der Waals surface area contributed by atoms with Crippen molar-refractivity contribution < 1.29 is 23.1 Å². The lowest BCUT2D eigenvalue weighted by Gasteiger charge is -2.36. The van der Waals surface area contributed by atoms with Gasteiger partial charge in [0.05, 0.1) is 17.2 Å². The molecule has 0 radical (unpaired) electrons. The third-order valence-corrected chi connectivity index (χ3v) is 6.96. The van der Waals surface area contributed by atoms with Gasteiger partial charge in [-0.2, -0.15) is 4.31 Å². The van der Waals surface area contributed by atoms with Crippen molar-refractivity contribution in [3.63, 3.8) is 0 Å². The summed E-state index contributed by atoms with van der Waals surface area (Å²) in [7, 11) is -2.13. The van der Waals surface area contributed by atoms with E-state index in [2.05, 4.69) is 0 Å². The Bertz CT molecular complexity index is 805. The molecule has 0 saturated carbocycles. The highest BCUT2D eigenvalue weighted by Gasteiger charge is 2.40. The first-order valence-electron chi connectivity index (χ1n) is 7.87. The van der Waals surface area contributed by atoms with Gasteiger partial charge in [-0.25, -0.2) is 8.42 Å². The topological polar surface area (TPSA) is 95.0 Å². The summed E-state index contributed by atoms with van der Waals surface area (Å²) in [5.41, 5.74) is 1.40. The number of anilines is 1. The number of piperidine rings is 1. The molecule has 2 aliphatic rings. The Morgan fingerprint density at radius 1 is 1.33 bits per heavy atom. The molecule has 1 amide bonds. The Morgan fingerprint density at radius 2 is 2.04 bits per heavy atom. The minimum atomic E-state index is -3.79. The summed E-state index contributed by atoms with van der Waals surface area (Å²) in [5, 5.41) is 9.28. The lowest BCUT2D eigenvalue weighted by atomic mass is 9.92. The van der Waals surface area contributed by atoms with Crippen molar-refractivity contribution in [3.05, 3.63) is 23.8 Å². The van der Waals surface area contributed by atoms with Crippen molar-refractivity contribution in [2.45, 2.75) is 37.1 Å². The first kappa shape index (κ1) is 16.9. The van der Waals surface area contributed by atoms with Crippen LogP contribution in [0.25, 0.3) is 0 Å². The number of sulfonamides is 1. The summed E-state index contributed by atoms with van der Waals surface area (Å²) in [4.78, 5) is 24.7. The molecule has 1 aromatic carbocycles. The molecule has 7 nitrogen and oxygen atoms in total. The number of fused-ring (bicyclic) bond motifs is 1. The maximum atomic E-state index is 13.0. The van der Waals surface area contributed by atoms with Gasteiger partial charge in [-0.05, 0) is 43.5 Å². The van der Waals surface area contributed by atoms with Gasteiger partial charge < -0.3 is 10.0 Å². The molecule has 0 aliphatic carbocycles. The minimum absolute atomic E-state index is 0.0724. The summed E-state index contributed by atoms with van der Waals surface area (Å²) in [6, 6.07) is 4.05. The number of benzene rings is 1. The molecule has 2 aliphatic heterocycles. The number of carbonyl (C=O) groups excluding carboxylic acids is 1. The lowest BCUT2D eigenvalue weighted by molar-refractivity contribution is -0.144. The minimum Gasteiger partial charge on any atom is -0.481 e. The van der Waals surface area contributed by atoms with Crippen LogP contribution in [-0.2, 0) is 26.0 Å². The number of hydrogen-bond acceptors (Lipinski definition) is 4. The summed E-state index contributed by atoms with van der Waals surface area (Å²) in [6.45, 7) is 1.95. The predicted molar refractivity (Wildman–Crippen MR) is 87.3 cm³/mol. The molecular formula is C16H20N2O5S. The number of hydrogen-bond donors (Lipinski definition) is 1. The standard InChI is InChI=1S/C16H20N2O5S/c1-10-13(16(20)21)4-3-7-18(10)24(22,23)12-5-6-14-11(8-12)9-15(19)17(14)2/h5-6,8,10,13H,3-4,7,9H2,1-2H3,(H,20,21)/t10-,13-/m1/s1. The van der Waals surface area contributed by atoms with E-state index in [0.29, 0.717) is 30.6 Å². The molecule has 2 atom stereocenters. The van der Waals surface area contributed by atoms with Crippen molar-refractivity contribution >= 4 is 27.6 Å². The Balaban J connectivity index is 1.95. The molecular weight excluding hydrogens is 332 g/mol. The zero-order valence-electron chi connectivity index (χ0n) is 13.6. The van der Waals surface area contributed by atoms with E-state index in [0.717, 1.165) is 0 Å². The summed E-state index contributed by atoms with van der Waals surface area (Å²) >= 11 is 0. The number of aliphatic carboxylic acids is 1. The molecule has 3 rings (SSSR count). The van der Waals surface area contributed by atoms with Crippen LogP contribution in [-0.4, -0.2) is 49.3 Å². The van der Waals surface area contributed by atoms with Gasteiger partial charge in [0.25, 0.3) is 0 Å². The number of carbonyl (C=O) groups is 2. The molecule has 2 heterocycles. The molecule has 1 N–H and O–H groups in total. The van der Waals surface area contributed by atoms with Gasteiger partial charge in [-0.1, -0.05) is 0 Å². The van der Waals surface area contributed by atoms with E-state index in [1.807, 2.05) is 0 Å². The van der Waals surface area contributed by atoms with Crippen LogP contribution in [0, 0.1) is 5.92 Å². The van der Waals surface area contributed by atoms with E-state index in [-0.39, 0.29) is 17.2 Å². The van der Waals surface area contributed by atoms with Crippen LogP contribution in [0.5, 0.6) is 0 Å². The van der Waals surface area contributed by atoms with Crippen LogP contribution < -0.4 is 4.90 Å². The van der Waals surface area contributed by atoms with Crippen LogP contribution in [0.15, 0.2) is 23.1 Å². The maximum absolute atomic E-state index is 13.0. The number of carboxylic acid groups (broad SMARTS) is 1. The molecule has 1 saturated heterocycles. The highest BCUT2D eigenvalue weighted by atomic mass is 32.2. The number of amides is 1. The fourth-order valence-electron chi connectivity index (χ4n) is 3.52. The van der Waals surface area contributed by atoms with Crippen molar-refractivity contribution in [1.29, 1.82) is 0 Å². The van der Waals surface area contributed by atoms with Gasteiger partial charge in [0, 0.05) is 25.3 Å². The van der Waals surface area contributed by atoms with Crippen molar-refractivity contribution in [2.75, 3.05) is 18.5 Å². The molecule has 24 heavy (non-hydrogen) atoms. The second-order valence-electron chi connectivity index (χ2n) is 6.36. The fourth-order valence-corrected chi connectivity index (χ4v) is 5.28. The van der Waals surface area contributed by atoms with Gasteiger partial charge in [0.2, 0.25) is 15.9 Å². The number of likely N-dealkylation sites (N-methyl/N-ethyl adjacent to an activating group) is 1. The van der Waals surface area contributed by atoms with Gasteiger partial charge in [-0.15, -0.1) is 0 Å². The maximum Gasteiger partial charge on any atom is 0.308 e.